The van der Waals surface area contributed by atoms with Gasteiger partial charge in [0.15, 0.2) is 6.10 Å². The fourth-order valence-corrected chi connectivity index (χ4v) is 3.03. The summed E-state index contributed by atoms with van der Waals surface area (Å²) >= 11 is 11.8. The number of benzene rings is 2. The molecule has 0 fully saturated rings. The Morgan fingerprint density at radius 3 is 2.50 bits per heavy atom. The zero-order chi connectivity index (χ0) is 18.8. The van der Waals surface area contributed by atoms with Gasteiger partial charge in [0, 0.05) is 33.3 Å². The lowest BCUT2D eigenvalue weighted by Gasteiger charge is -2.15. The normalized spacial score (nSPS) is 12.0. The van der Waals surface area contributed by atoms with Crippen molar-refractivity contribution in [2.45, 2.75) is 20.0 Å². The Morgan fingerprint density at radius 2 is 1.81 bits per heavy atom. The molecule has 0 spiro atoms. The molecule has 1 heterocycles. The highest BCUT2D eigenvalue weighted by Crippen LogP contribution is 2.24. The maximum Gasteiger partial charge on any atom is 0.336 e. The van der Waals surface area contributed by atoms with Crippen LogP contribution in [-0.4, -0.2) is 12.0 Å². The van der Waals surface area contributed by atoms with Gasteiger partial charge in [0.2, 0.25) is 0 Å². The number of carbonyl (C=O) groups excluding carboxylic acids is 1. The molecule has 3 rings (SSSR count). The number of carbonyl (C=O) groups is 1. The van der Waals surface area contributed by atoms with E-state index in [1.807, 2.05) is 6.92 Å². The molecule has 1 atom stereocenters. The van der Waals surface area contributed by atoms with Crippen LogP contribution in [0.25, 0.3) is 11.0 Å². The van der Waals surface area contributed by atoms with Crippen LogP contribution in [0, 0.1) is 6.92 Å². The Labute approximate surface area is 159 Å². The van der Waals surface area contributed by atoms with Gasteiger partial charge in [-0.25, -0.2) is 4.79 Å². The molecule has 0 saturated heterocycles. The molecule has 1 amide bonds. The molecule has 26 heavy (non-hydrogen) atoms. The van der Waals surface area contributed by atoms with Crippen molar-refractivity contribution in [1.82, 2.24) is 0 Å². The molecule has 2 aromatic carbocycles. The molecule has 134 valence electrons. The molecule has 0 bridgehead atoms. The van der Waals surface area contributed by atoms with Crippen molar-refractivity contribution in [3.8, 4) is 5.75 Å². The summed E-state index contributed by atoms with van der Waals surface area (Å²) in [5.41, 5.74) is 1.26. The number of amides is 1. The third kappa shape index (κ3) is 4.18. The molecular weight excluding hydrogens is 377 g/mol. The van der Waals surface area contributed by atoms with Gasteiger partial charge < -0.3 is 14.5 Å². The van der Waals surface area contributed by atoms with Crippen LogP contribution < -0.4 is 15.7 Å². The summed E-state index contributed by atoms with van der Waals surface area (Å²) in [5, 5.41) is 4.34. The highest BCUT2D eigenvalue weighted by Gasteiger charge is 2.16. The van der Waals surface area contributed by atoms with E-state index in [4.69, 9.17) is 32.4 Å². The van der Waals surface area contributed by atoms with Crippen molar-refractivity contribution < 1.29 is 13.9 Å². The Kier molecular flexibility index (Phi) is 5.20. The Bertz CT molecular complexity index is 1030. The van der Waals surface area contributed by atoms with Gasteiger partial charge in [-0.15, -0.1) is 0 Å². The molecule has 0 aliphatic rings. The van der Waals surface area contributed by atoms with Crippen molar-refractivity contribution in [2.75, 3.05) is 5.32 Å². The van der Waals surface area contributed by atoms with Crippen LogP contribution >= 0.6 is 23.2 Å². The molecular formula is C19H15Cl2NO4. The first-order valence-corrected chi connectivity index (χ1v) is 8.55. The number of nitrogens with one attached hydrogen (secondary N) is 1. The monoisotopic (exact) mass is 391 g/mol. The smallest absolute Gasteiger partial charge is 0.336 e. The van der Waals surface area contributed by atoms with E-state index in [9.17, 15) is 9.59 Å². The van der Waals surface area contributed by atoms with Gasteiger partial charge in [0.1, 0.15) is 11.3 Å². The largest absolute Gasteiger partial charge is 0.481 e. The average molecular weight is 392 g/mol. The van der Waals surface area contributed by atoms with Crippen LogP contribution in [0.3, 0.4) is 0 Å². The molecule has 0 aliphatic heterocycles. The van der Waals surface area contributed by atoms with E-state index in [1.165, 1.54) is 6.07 Å². The van der Waals surface area contributed by atoms with Gasteiger partial charge in [-0.2, -0.15) is 0 Å². The van der Waals surface area contributed by atoms with Gasteiger partial charge >= 0.3 is 5.63 Å². The second-order valence-electron chi connectivity index (χ2n) is 5.81. The molecule has 5 nitrogen and oxygen atoms in total. The molecule has 1 unspecified atom stereocenters. The minimum atomic E-state index is -0.790. The molecule has 3 aromatic rings. The summed E-state index contributed by atoms with van der Waals surface area (Å²) < 4.78 is 10.8. The Hall–Kier alpha value is -2.50. The van der Waals surface area contributed by atoms with Crippen molar-refractivity contribution in [3.05, 3.63) is 68.5 Å². The van der Waals surface area contributed by atoms with Crippen LogP contribution in [-0.2, 0) is 4.79 Å². The predicted octanol–water partition coefficient (Wildman–Crippen LogP) is 4.81. The van der Waals surface area contributed by atoms with Crippen molar-refractivity contribution in [3.63, 3.8) is 0 Å². The van der Waals surface area contributed by atoms with E-state index < -0.39 is 11.7 Å². The minimum absolute atomic E-state index is 0.367. The van der Waals surface area contributed by atoms with Gasteiger partial charge in [-0.1, -0.05) is 23.2 Å². The fraction of sp³-hybridized carbons (Fsp3) is 0.158. The number of halogens is 2. The maximum absolute atomic E-state index is 12.3. The molecule has 7 heteroatoms. The average Bonchev–Trinajstić information content (AvgIpc) is 2.53. The molecule has 1 N–H and O–H groups in total. The minimum Gasteiger partial charge on any atom is -0.481 e. The second-order valence-corrected chi connectivity index (χ2v) is 6.69. The maximum atomic E-state index is 12.3. The van der Waals surface area contributed by atoms with Crippen LogP contribution in [0.5, 0.6) is 5.75 Å². The van der Waals surface area contributed by atoms with Crippen molar-refractivity contribution >= 4 is 45.8 Å². The van der Waals surface area contributed by atoms with E-state index in [2.05, 4.69) is 5.32 Å². The van der Waals surface area contributed by atoms with Gasteiger partial charge in [-0.05, 0) is 49.7 Å². The number of fused-ring (bicyclic) bond motifs is 1. The second kappa shape index (κ2) is 7.40. The van der Waals surface area contributed by atoms with E-state index in [0.717, 1.165) is 10.9 Å². The number of hydrogen-bond acceptors (Lipinski definition) is 4. The first-order chi connectivity index (χ1) is 12.3. The topological polar surface area (TPSA) is 68.5 Å². The third-order valence-corrected chi connectivity index (χ3v) is 4.17. The van der Waals surface area contributed by atoms with E-state index >= 15 is 0 Å². The van der Waals surface area contributed by atoms with E-state index in [1.54, 1.807) is 43.3 Å². The molecule has 1 aromatic heterocycles. The fourth-order valence-electron chi connectivity index (χ4n) is 2.51. The SMILES string of the molecule is Cc1cc(=O)oc2cc(OC(C)C(=O)Nc3cc(Cl)cc(Cl)c3)ccc12. The van der Waals surface area contributed by atoms with Crippen molar-refractivity contribution in [1.29, 1.82) is 0 Å². The highest BCUT2D eigenvalue weighted by molar-refractivity contribution is 6.35. The summed E-state index contributed by atoms with van der Waals surface area (Å²) in [4.78, 5) is 23.8. The van der Waals surface area contributed by atoms with Gasteiger partial charge in [-0.3, -0.25) is 4.79 Å². The summed E-state index contributed by atoms with van der Waals surface area (Å²) in [6.07, 6.45) is -0.790. The first kappa shape index (κ1) is 18.3. The molecule has 0 radical (unpaired) electrons. The first-order valence-electron chi connectivity index (χ1n) is 7.80. The van der Waals surface area contributed by atoms with Crippen LogP contribution in [0.4, 0.5) is 5.69 Å². The summed E-state index contributed by atoms with van der Waals surface area (Å²) in [7, 11) is 0. The van der Waals surface area contributed by atoms with E-state index in [-0.39, 0.29) is 5.91 Å². The zero-order valence-corrected chi connectivity index (χ0v) is 15.5. The van der Waals surface area contributed by atoms with Crippen LogP contribution in [0.15, 0.2) is 51.7 Å². The lowest BCUT2D eigenvalue weighted by atomic mass is 10.1. The zero-order valence-electron chi connectivity index (χ0n) is 14.0. The summed E-state index contributed by atoms with van der Waals surface area (Å²) in [5.74, 6) is 0.0483. The van der Waals surface area contributed by atoms with Crippen LogP contribution in [0.2, 0.25) is 10.0 Å². The number of ether oxygens (including phenoxy) is 1. The predicted molar refractivity (Wildman–Crippen MR) is 102 cm³/mol. The van der Waals surface area contributed by atoms with Crippen LogP contribution in [0.1, 0.15) is 12.5 Å². The molecule has 0 aliphatic carbocycles. The van der Waals surface area contributed by atoms with Gasteiger partial charge in [0.25, 0.3) is 5.91 Å². The Balaban J connectivity index is 1.76. The molecule has 0 saturated carbocycles. The lowest BCUT2D eigenvalue weighted by Crippen LogP contribution is -2.30. The van der Waals surface area contributed by atoms with Crippen molar-refractivity contribution in [2.24, 2.45) is 0 Å². The third-order valence-electron chi connectivity index (χ3n) is 3.74. The Morgan fingerprint density at radius 1 is 1.12 bits per heavy atom. The quantitative estimate of drug-likeness (QED) is 0.647. The van der Waals surface area contributed by atoms with E-state index in [0.29, 0.717) is 27.1 Å². The number of anilines is 1. The lowest BCUT2D eigenvalue weighted by molar-refractivity contribution is -0.122. The summed E-state index contributed by atoms with van der Waals surface area (Å²) in [6, 6.07) is 11.3. The standard InChI is InChI=1S/C19H15Cl2NO4/c1-10-5-18(23)26-17-9-15(3-4-16(10)17)25-11(2)19(24)22-14-7-12(20)6-13(21)8-14/h3-9,11H,1-2H3,(H,22,24). The number of rotatable bonds is 4. The summed E-state index contributed by atoms with van der Waals surface area (Å²) in [6.45, 7) is 3.43. The number of aryl methyl sites for hydroxylation is 1. The highest BCUT2D eigenvalue weighted by atomic mass is 35.5. The van der Waals surface area contributed by atoms with Gasteiger partial charge in [0.05, 0.1) is 0 Å². The number of hydrogen-bond donors (Lipinski definition) is 1.